The van der Waals surface area contributed by atoms with Crippen LogP contribution < -0.4 is 4.72 Å². The van der Waals surface area contributed by atoms with E-state index in [1.165, 1.54) is 0 Å². The number of benzene rings is 1. The number of hydrogen-bond acceptors (Lipinski definition) is 3. The minimum absolute atomic E-state index is 0.107. The summed E-state index contributed by atoms with van der Waals surface area (Å²) in [6.45, 7) is 0.899. The minimum Gasteiger partial charge on any atom is -0.271 e. The first-order valence-electron chi connectivity index (χ1n) is 6.14. The van der Waals surface area contributed by atoms with Crippen molar-refractivity contribution in [1.82, 2.24) is 14.5 Å². The second kappa shape index (κ2) is 6.49. The van der Waals surface area contributed by atoms with Crippen molar-refractivity contribution >= 4 is 10.0 Å². The topological polar surface area (TPSA) is 64.0 Å². The third kappa shape index (κ3) is 4.84. The van der Waals surface area contributed by atoms with Gasteiger partial charge >= 0.3 is 0 Å². The van der Waals surface area contributed by atoms with Crippen LogP contribution in [0.5, 0.6) is 0 Å². The summed E-state index contributed by atoms with van der Waals surface area (Å²) in [4.78, 5) is 0. The van der Waals surface area contributed by atoms with Crippen LogP contribution in [0, 0.1) is 0 Å². The van der Waals surface area contributed by atoms with E-state index < -0.39 is 10.0 Å². The minimum atomic E-state index is -3.22. The van der Waals surface area contributed by atoms with E-state index in [1.54, 1.807) is 17.1 Å². The average Bonchev–Trinajstić information content (AvgIpc) is 2.91. The smallest absolute Gasteiger partial charge is 0.211 e. The van der Waals surface area contributed by atoms with Crippen LogP contribution in [-0.4, -0.2) is 30.5 Å². The number of rotatable bonds is 7. The normalized spacial score (nSPS) is 11.6. The summed E-state index contributed by atoms with van der Waals surface area (Å²) in [6.07, 6.45) is 4.00. The summed E-state index contributed by atoms with van der Waals surface area (Å²) in [6, 6.07) is 11.4. The molecule has 2 aromatic rings. The fourth-order valence-electron chi connectivity index (χ4n) is 1.72. The maximum atomic E-state index is 11.8. The molecule has 0 atom stereocenters. The van der Waals surface area contributed by atoms with Gasteiger partial charge in [-0.2, -0.15) is 5.10 Å². The van der Waals surface area contributed by atoms with Crippen LogP contribution in [-0.2, 0) is 23.0 Å². The highest BCUT2D eigenvalue weighted by Gasteiger charge is 2.09. The zero-order chi connectivity index (χ0) is 13.6. The predicted octanol–water partition coefficient (Wildman–Crippen LogP) is 1.05. The van der Waals surface area contributed by atoms with Crippen molar-refractivity contribution in [2.24, 2.45) is 0 Å². The molecule has 0 aliphatic heterocycles. The molecule has 0 fully saturated rings. The standard InChI is InChI=1S/C13H17N3O2S/c17-19(18,12-7-13-5-2-1-3-6-13)15-9-11-16-10-4-8-14-16/h1-6,8,10,15H,7,9,11-12H2. The third-order valence-corrected chi connectivity index (χ3v) is 4.11. The van der Waals surface area contributed by atoms with Crippen LogP contribution in [0.3, 0.4) is 0 Å². The molecule has 1 N–H and O–H groups in total. The summed E-state index contributed by atoms with van der Waals surface area (Å²) in [7, 11) is -3.22. The molecule has 0 amide bonds. The molecule has 0 spiro atoms. The van der Waals surface area contributed by atoms with Crippen molar-refractivity contribution in [1.29, 1.82) is 0 Å². The van der Waals surface area contributed by atoms with Crippen LogP contribution >= 0.6 is 0 Å². The highest BCUT2D eigenvalue weighted by Crippen LogP contribution is 2.01. The first kappa shape index (κ1) is 13.8. The van der Waals surface area contributed by atoms with E-state index in [9.17, 15) is 8.42 Å². The Balaban J connectivity index is 1.76. The fourth-order valence-corrected chi connectivity index (χ4v) is 2.77. The van der Waals surface area contributed by atoms with Crippen LogP contribution in [0.4, 0.5) is 0 Å². The quantitative estimate of drug-likeness (QED) is 0.824. The molecule has 0 aliphatic rings. The number of aromatic nitrogens is 2. The molecule has 0 unspecified atom stereocenters. The van der Waals surface area contributed by atoms with E-state index in [-0.39, 0.29) is 5.75 Å². The second-order valence-corrected chi connectivity index (χ2v) is 6.14. The fraction of sp³-hybridized carbons (Fsp3) is 0.308. The number of sulfonamides is 1. The molecule has 6 heteroatoms. The van der Waals surface area contributed by atoms with Crippen molar-refractivity contribution in [3.63, 3.8) is 0 Å². The monoisotopic (exact) mass is 279 g/mol. The lowest BCUT2D eigenvalue weighted by molar-refractivity contribution is 0.560. The Kier molecular flexibility index (Phi) is 4.70. The largest absolute Gasteiger partial charge is 0.271 e. The van der Waals surface area contributed by atoms with E-state index in [0.29, 0.717) is 19.5 Å². The Morgan fingerprint density at radius 2 is 1.95 bits per heavy atom. The Morgan fingerprint density at radius 1 is 1.16 bits per heavy atom. The van der Waals surface area contributed by atoms with Gasteiger partial charge < -0.3 is 0 Å². The second-order valence-electron chi connectivity index (χ2n) is 4.22. The first-order chi connectivity index (χ1) is 9.16. The lowest BCUT2D eigenvalue weighted by Gasteiger charge is -2.07. The molecule has 0 saturated heterocycles. The Bertz CT molecular complexity index is 580. The van der Waals surface area contributed by atoms with E-state index in [2.05, 4.69) is 9.82 Å². The molecule has 0 aliphatic carbocycles. The summed E-state index contributed by atoms with van der Waals surface area (Å²) in [5, 5.41) is 4.01. The summed E-state index contributed by atoms with van der Waals surface area (Å²) < 4.78 is 27.9. The maximum Gasteiger partial charge on any atom is 0.211 e. The van der Waals surface area contributed by atoms with Gasteiger partial charge in [0.25, 0.3) is 0 Å². The molecule has 0 saturated carbocycles. The number of nitrogens with zero attached hydrogens (tertiary/aromatic N) is 2. The van der Waals surface area contributed by atoms with Gasteiger partial charge in [0.15, 0.2) is 0 Å². The van der Waals surface area contributed by atoms with Gasteiger partial charge in [0.05, 0.1) is 12.3 Å². The Hall–Kier alpha value is -1.66. The van der Waals surface area contributed by atoms with Crippen LogP contribution in [0.1, 0.15) is 5.56 Å². The molecule has 0 bridgehead atoms. The van der Waals surface area contributed by atoms with Gasteiger partial charge in [0.1, 0.15) is 0 Å². The first-order valence-corrected chi connectivity index (χ1v) is 7.80. The molecular weight excluding hydrogens is 262 g/mol. The van der Waals surface area contributed by atoms with Crippen molar-refractivity contribution in [2.75, 3.05) is 12.3 Å². The molecule has 102 valence electrons. The number of hydrogen-bond donors (Lipinski definition) is 1. The SMILES string of the molecule is O=S(=O)(CCc1ccccc1)NCCn1cccn1. The molecule has 1 heterocycles. The molecule has 5 nitrogen and oxygen atoms in total. The zero-order valence-electron chi connectivity index (χ0n) is 10.6. The van der Waals surface area contributed by atoms with Gasteiger partial charge in [-0.15, -0.1) is 0 Å². The molecule has 19 heavy (non-hydrogen) atoms. The van der Waals surface area contributed by atoms with Gasteiger partial charge in [-0.1, -0.05) is 30.3 Å². The number of nitrogens with one attached hydrogen (secondary N) is 1. The van der Waals surface area contributed by atoms with E-state index in [4.69, 9.17) is 0 Å². The van der Waals surface area contributed by atoms with E-state index in [0.717, 1.165) is 5.56 Å². The predicted molar refractivity (Wildman–Crippen MR) is 74.2 cm³/mol. The highest BCUT2D eigenvalue weighted by atomic mass is 32.2. The van der Waals surface area contributed by atoms with Gasteiger partial charge in [-0.3, -0.25) is 4.68 Å². The van der Waals surface area contributed by atoms with Crippen LogP contribution in [0.25, 0.3) is 0 Å². The Morgan fingerprint density at radius 3 is 2.63 bits per heavy atom. The molecular formula is C13H17N3O2S. The van der Waals surface area contributed by atoms with Gasteiger partial charge in [0.2, 0.25) is 10.0 Å². The molecule has 1 aromatic heterocycles. The number of aryl methyl sites for hydroxylation is 1. The lowest BCUT2D eigenvalue weighted by Crippen LogP contribution is -2.30. The van der Waals surface area contributed by atoms with Gasteiger partial charge in [-0.25, -0.2) is 13.1 Å². The molecule has 1 aromatic carbocycles. The summed E-state index contributed by atoms with van der Waals surface area (Å²) in [5.41, 5.74) is 1.03. The maximum absolute atomic E-state index is 11.8. The summed E-state index contributed by atoms with van der Waals surface area (Å²) >= 11 is 0. The van der Waals surface area contributed by atoms with Gasteiger partial charge in [-0.05, 0) is 18.1 Å². The Labute approximate surface area is 113 Å². The highest BCUT2D eigenvalue weighted by molar-refractivity contribution is 7.89. The molecule has 2 rings (SSSR count). The van der Waals surface area contributed by atoms with Crippen LogP contribution in [0.15, 0.2) is 48.8 Å². The summed E-state index contributed by atoms with van der Waals surface area (Å²) in [5.74, 6) is 0.107. The van der Waals surface area contributed by atoms with Gasteiger partial charge in [0, 0.05) is 18.9 Å². The molecule has 0 radical (unpaired) electrons. The van der Waals surface area contributed by atoms with Crippen LogP contribution in [0.2, 0.25) is 0 Å². The van der Waals surface area contributed by atoms with Crippen molar-refractivity contribution in [2.45, 2.75) is 13.0 Å². The van der Waals surface area contributed by atoms with Crippen molar-refractivity contribution in [3.05, 3.63) is 54.4 Å². The van der Waals surface area contributed by atoms with Crippen molar-refractivity contribution in [3.8, 4) is 0 Å². The van der Waals surface area contributed by atoms with Crippen molar-refractivity contribution < 1.29 is 8.42 Å². The van der Waals surface area contributed by atoms with E-state index >= 15 is 0 Å². The third-order valence-electron chi connectivity index (χ3n) is 2.72. The average molecular weight is 279 g/mol. The van der Waals surface area contributed by atoms with E-state index in [1.807, 2.05) is 36.4 Å². The zero-order valence-corrected chi connectivity index (χ0v) is 11.4. The lowest BCUT2D eigenvalue weighted by atomic mass is 10.2.